The summed E-state index contributed by atoms with van der Waals surface area (Å²) in [5.41, 5.74) is 0.757. The zero-order valence-corrected chi connectivity index (χ0v) is 10.5. The maximum Gasteiger partial charge on any atom is 0.181 e. The molecule has 2 rings (SSSR count). The number of pyridine rings is 1. The lowest BCUT2D eigenvalue weighted by Crippen LogP contribution is -1.98. The molecule has 0 spiro atoms. The van der Waals surface area contributed by atoms with Gasteiger partial charge in [0, 0.05) is 10.7 Å². The van der Waals surface area contributed by atoms with Gasteiger partial charge in [-0.1, -0.05) is 11.6 Å². The molecular weight excluding hydrogens is 296 g/mol. The standard InChI is InChI=1S/C10H6BrClFN3/c1-5-8(13)9(12)16-10(15-5)7-3-2-6(11)4-14-7/h2-4H,1H3. The van der Waals surface area contributed by atoms with Crippen LogP contribution in [0.5, 0.6) is 0 Å². The van der Waals surface area contributed by atoms with Gasteiger partial charge in [-0.2, -0.15) is 0 Å². The van der Waals surface area contributed by atoms with Gasteiger partial charge in [0.05, 0.1) is 5.69 Å². The van der Waals surface area contributed by atoms with Crippen molar-refractivity contribution in [3.63, 3.8) is 0 Å². The molecule has 0 aliphatic carbocycles. The van der Waals surface area contributed by atoms with Crippen LogP contribution in [-0.4, -0.2) is 15.0 Å². The summed E-state index contributed by atoms with van der Waals surface area (Å²) in [6.45, 7) is 1.53. The molecule has 0 saturated carbocycles. The molecule has 2 heterocycles. The van der Waals surface area contributed by atoms with Crippen molar-refractivity contribution in [2.24, 2.45) is 0 Å². The number of aromatic nitrogens is 3. The highest BCUT2D eigenvalue weighted by Crippen LogP contribution is 2.20. The van der Waals surface area contributed by atoms with Crippen LogP contribution < -0.4 is 0 Å². The average Bonchev–Trinajstić information content (AvgIpc) is 2.26. The van der Waals surface area contributed by atoms with Gasteiger partial charge in [0.15, 0.2) is 16.8 Å². The second-order valence-electron chi connectivity index (χ2n) is 3.10. The van der Waals surface area contributed by atoms with E-state index in [-0.39, 0.29) is 10.8 Å². The van der Waals surface area contributed by atoms with Gasteiger partial charge in [0.1, 0.15) is 5.69 Å². The van der Waals surface area contributed by atoms with Crippen LogP contribution in [-0.2, 0) is 0 Å². The molecular formula is C10H6BrClFN3. The Bertz CT molecular complexity index is 507. The second-order valence-corrected chi connectivity index (χ2v) is 4.37. The fraction of sp³-hybridized carbons (Fsp3) is 0.100. The van der Waals surface area contributed by atoms with Gasteiger partial charge in [-0.25, -0.2) is 14.4 Å². The molecule has 0 aliphatic heterocycles. The summed E-state index contributed by atoms with van der Waals surface area (Å²) in [6, 6.07) is 3.53. The van der Waals surface area contributed by atoms with Crippen molar-refractivity contribution in [2.75, 3.05) is 0 Å². The highest BCUT2D eigenvalue weighted by molar-refractivity contribution is 9.10. The Balaban J connectivity index is 2.52. The van der Waals surface area contributed by atoms with Gasteiger partial charge in [-0.3, -0.25) is 4.98 Å². The Morgan fingerprint density at radius 2 is 2.06 bits per heavy atom. The molecule has 0 fully saturated rings. The van der Waals surface area contributed by atoms with E-state index in [1.54, 1.807) is 18.3 Å². The minimum Gasteiger partial charge on any atom is -0.252 e. The highest BCUT2D eigenvalue weighted by Gasteiger charge is 2.11. The normalized spacial score (nSPS) is 10.5. The van der Waals surface area contributed by atoms with Crippen molar-refractivity contribution in [1.82, 2.24) is 15.0 Å². The first-order chi connectivity index (χ1) is 7.58. The minimum absolute atomic E-state index is 0.188. The molecule has 0 aromatic carbocycles. The van der Waals surface area contributed by atoms with Crippen molar-refractivity contribution >= 4 is 27.5 Å². The number of nitrogens with zero attached hydrogens (tertiary/aromatic N) is 3. The Morgan fingerprint density at radius 1 is 1.31 bits per heavy atom. The lowest BCUT2D eigenvalue weighted by atomic mass is 10.3. The van der Waals surface area contributed by atoms with Crippen LogP contribution in [0.4, 0.5) is 4.39 Å². The molecule has 0 unspecified atom stereocenters. The second kappa shape index (κ2) is 4.43. The van der Waals surface area contributed by atoms with E-state index in [4.69, 9.17) is 11.6 Å². The smallest absolute Gasteiger partial charge is 0.181 e. The molecule has 0 bridgehead atoms. The van der Waals surface area contributed by atoms with Crippen molar-refractivity contribution < 1.29 is 4.39 Å². The molecule has 6 heteroatoms. The molecule has 0 aliphatic rings. The summed E-state index contributed by atoms with van der Waals surface area (Å²) in [7, 11) is 0. The third kappa shape index (κ3) is 2.20. The van der Waals surface area contributed by atoms with E-state index in [0.717, 1.165) is 4.47 Å². The predicted molar refractivity (Wildman–Crippen MR) is 62.7 cm³/mol. The van der Waals surface area contributed by atoms with E-state index in [9.17, 15) is 4.39 Å². The van der Waals surface area contributed by atoms with Crippen LogP contribution in [0, 0.1) is 12.7 Å². The van der Waals surface area contributed by atoms with Crippen LogP contribution in [0.1, 0.15) is 5.69 Å². The van der Waals surface area contributed by atoms with Crippen LogP contribution in [0.3, 0.4) is 0 Å². The van der Waals surface area contributed by atoms with Gasteiger partial charge in [0.25, 0.3) is 0 Å². The van der Waals surface area contributed by atoms with Crippen LogP contribution in [0.15, 0.2) is 22.8 Å². The molecule has 0 saturated heterocycles. The third-order valence-electron chi connectivity index (χ3n) is 1.93. The fourth-order valence-electron chi connectivity index (χ4n) is 1.15. The van der Waals surface area contributed by atoms with Gasteiger partial charge >= 0.3 is 0 Å². The van der Waals surface area contributed by atoms with Gasteiger partial charge < -0.3 is 0 Å². The molecule has 2 aromatic heterocycles. The summed E-state index contributed by atoms with van der Waals surface area (Å²) in [6.07, 6.45) is 1.62. The Kier molecular flexibility index (Phi) is 3.16. The third-order valence-corrected chi connectivity index (χ3v) is 2.65. The van der Waals surface area contributed by atoms with E-state index < -0.39 is 5.82 Å². The molecule has 82 valence electrons. The molecule has 0 atom stereocenters. The average molecular weight is 303 g/mol. The number of rotatable bonds is 1. The Hall–Kier alpha value is -1.07. The van der Waals surface area contributed by atoms with Crippen molar-refractivity contribution in [2.45, 2.75) is 6.92 Å². The maximum atomic E-state index is 13.2. The Morgan fingerprint density at radius 3 is 2.62 bits per heavy atom. The van der Waals surface area contributed by atoms with Crippen molar-refractivity contribution in [1.29, 1.82) is 0 Å². The molecule has 0 radical (unpaired) electrons. The maximum absolute atomic E-state index is 13.2. The first-order valence-electron chi connectivity index (χ1n) is 4.39. The van der Waals surface area contributed by atoms with E-state index in [0.29, 0.717) is 11.5 Å². The summed E-state index contributed by atoms with van der Waals surface area (Å²) in [5, 5.41) is -0.188. The number of aryl methyl sites for hydroxylation is 1. The zero-order chi connectivity index (χ0) is 11.7. The van der Waals surface area contributed by atoms with Crippen molar-refractivity contribution in [3.05, 3.63) is 39.5 Å². The predicted octanol–water partition coefficient (Wildman–Crippen LogP) is 3.40. The lowest BCUT2D eigenvalue weighted by molar-refractivity contribution is 0.603. The van der Waals surface area contributed by atoms with Crippen LogP contribution >= 0.6 is 27.5 Å². The molecule has 16 heavy (non-hydrogen) atoms. The number of hydrogen-bond acceptors (Lipinski definition) is 3. The first-order valence-corrected chi connectivity index (χ1v) is 5.56. The van der Waals surface area contributed by atoms with E-state index >= 15 is 0 Å². The molecule has 2 aromatic rings. The van der Waals surface area contributed by atoms with Gasteiger partial charge in [-0.05, 0) is 35.0 Å². The number of hydrogen-bond donors (Lipinski definition) is 0. The van der Waals surface area contributed by atoms with Gasteiger partial charge in [-0.15, -0.1) is 0 Å². The molecule has 3 nitrogen and oxygen atoms in total. The molecule has 0 N–H and O–H groups in total. The lowest BCUT2D eigenvalue weighted by Gasteiger charge is -2.03. The summed E-state index contributed by atoms with van der Waals surface area (Å²) in [5.74, 6) is -0.279. The summed E-state index contributed by atoms with van der Waals surface area (Å²) in [4.78, 5) is 11.9. The first kappa shape index (κ1) is 11.4. The van der Waals surface area contributed by atoms with E-state index in [1.165, 1.54) is 6.92 Å². The van der Waals surface area contributed by atoms with E-state index in [2.05, 4.69) is 30.9 Å². The number of halogens is 3. The topological polar surface area (TPSA) is 38.7 Å². The van der Waals surface area contributed by atoms with Crippen molar-refractivity contribution in [3.8, 4) is 11.5 Å². The van der Waals surface area contributed by atoms with E-state index in [1.807, 2.05) is 0 Å². The monoisotopic (exact) mass is 301 g/mol. The Labute approximate surface area is 105 Å². The summed E-state index contributed by atoms with van der Waals surface area (Å²) >= 11 is 8.91. The minimum atomic E-state index is -0.595. The largest absolute Gasteiger partial charge is 0.252 e. The summed E-state index contributed by atoms with van der Waals surface area (Å²) < 4.78 is 14.1. The molecule has 0 amide bonds. The SMILES string of the molecule is Cc1nc(-c2ccc(Br)cn2)nc(Cl)c1F. The van der Waals surface area contributed by atoms with Crippen LogP contribution in [0.25, 0.3) is 11.5 Å². The van der Waals surface area contributed by atoms with Gasteiger partial charge in [0.2, 0.25) is 0 Å². The fourth-order valence-corrected chi connectivity index (χ4v) is 1.60. The zero-order valence-electron chi connectivity index (χ0n) is 8.21. The highest BCUT2D eigenvalue weighted by atomic mass is 79.9. The quantitative estimate of drug-likeness (QED) is 0.758. The van der Waals surface area contributed by atoms with Crippen LogP contribution in [0.2, 0.25) is 5.15 Å².